The molecule has 0 saturated carbocycles. The fraction of sp³-hybridized carbons (Fsp3) is 0.733. The number of hydrazine groups is 2. The van der Waals surface area contributed by atoms with Gasteiger partial charge in [-0.25, -0.2) is 10.9 Å². The minimum absolute atomic E-state index is 0. The Balaban J connectivity index is 0. The molecular weight excluding hydrogens is 236 g/mol. The molecule has 0 saturated heterocycles. The summed E-state index contributed by atoms with van der Waals surface area (Å²) in [6, 6.07) is 0. The molecule has 6 N–H and O–H groups in total. The maximum absolute atomic E-state index is 5.40. The lowest BCUT2D eigenvalue weighted by Crippen LogP contribution is -2.50. The van der Waals surface area contributed by atoms with Gasteiger partial charge in [-0.05, 0) is 30.3 Å². The molecule has 0 aromatic carbocycles. The first kappa shape index (κ1) is 18.3. The zero-order valence-corrected chi connectivity index (χ0v) is 12.9. The van der Waals surface area contributed by atoms with E-state index < -0.39 is 0 Å². The van der Waals surface area contributed by atoms with Crippen LogP contribution in [0.5, 0.6) is 0 Å². The number of hydrogen-bond donors (Lipinski definition) is 4. The van der Waals surface area contributed by atoms with E-state index >= 15 is 0 Å². The van der Waals surface area contributed by atoms with Crippen LogP contribution >= 0.6 is 0 Å². The molecule has 1 rings (SSSR count). The molecule has 0 amide bonds. The van der Waals surface area contributed by atoms with Crippen LogP contribution in [0.15, 0.2) is 23.8 Å². The van der Waals surface area contributed by atoms with Crippen LogP contribution in [0.2, 0.25) is 0 Å². The third kappa shape index (κ3) is 6.87. The molecule has 4 heteroatoms. The fourth-order valence-corrected chi connectivity index (χ4v) is 2.44. The van der Waals surface area contributed by atoms with Crippen LogP contribution in [0.25, 0.3) is 0 Å². The van der Waals surface area contributed by atoms with Gasteiger partial charge < -0.3 is 0 Å². The normalized spacial score (nSPS) is 19.7. The summed E-state index contributed by atoms with van der Waals surface area (Å²) in [6.07, 6.45) is 11.4. The van der Waals surface area contributed by atoms with E-state index in [1.807, 2.05) is 13.8 Å². The Morgan fingerprint density at radius 1 is 1.37 bits per heavy atom. The van der Waals surface area contributed by atoms with Gasteiger partial charge in [0.2, 0.25) is 0 Å². The molecule has 1 aliphatic carbocycles. The van der Waals surface area contributed by atoms with Gasteiger partial charge in [-0.3, -0.25) is 11.7 Å². The monoisotopic (exact) mass is 270 g/mol. The molecule has 0 fully saturated rings. The van der Waals surface area contributed by atoms with Crippen molar-refractivity contribution in [2.45, 2.75) is 59.5 Å². The van der Waals surface area contributed by atoms with E-state index in [-0.39, 0.29) is 7.59 Å². The van der Waals surface area contributed by atoms with Crippen molar-refractivity contribution in [3.63, 3.8) is 0 Å². The lowest BCUT2D eigenvalue weighted by Gasteiger charge is -2.23. The van der Waals surface area contributed by atoms with Gasteiger partial charge in [-0.15, -0.1) is 0 Å². The number of hydrogen-bond acceptors (Lipinski definition) is 4. The summed E-state index contributed by atoms with van der Waals surface area (Å²) in [4.78, 5) is 0. The van der Waals surface area contributed by atoms with Crippen molar-refractivity contribution in [3.8, 4) is 0 Å². The first-order chi connectivity index (χ1) is 9.21. The molecule has 4 nitrogen and oxygen atoms in total. The number of allylic oxidation sites excluding steroid dienone is 2. The summed E-state index contributed by atoms with van der Waals surface area (Å²) in [5.74, 6) is 12.3. The SMILES string of the molecule is CC.CCCC(C)CC1C=CC(C(NN)NN)=CC1.[HH]. The van der Waals surface area contributed by atoms with Gasteiger partial charge in [-0.1, -0.05) is 58.8 Å². The molecule has 0 bridgehead atoms. The molecule has 2 atom stereocenters. The zero-order valence-electron chi connectivity index (χ0n) is 12.9. The summed E-state index contributed by atoms with van der Waals surface area (Å²) >= 11 is 0. The first-order valence-corrected chi connectivity index (χ1v) is 7.51. The summed E-state index contributed by atoms with van der Waals surface area (Å²) in [7, 11) is 0. The van der Waals surface area contributed by atoms with Crippen LogP contribution in [0, 0.1) is 11.8 Å². The summed E-state index contributed by atoms with van der Waals surface area (Å²) in [5, 5.41) is 0. The van der Waals surface area contributed by atoms with Crippen molar-refractivity contribution in [3.05, 3.63) is 23.8 Å². The Labute approximate surface area is 120 Å². The molecule has 114 valence electrons. The topological polar surface area (TPSA) is 76.1 Å². The predicted molar refractivity (Wildman–Crippen MR) is 85.9 cm³/mol. The van der Waals surface area contributed by atoms with Crippen molar-refractivity contribution in [1.82, 2.24) is 10.9 Å². The first-order valence-electron chi connectivity index (χ1n) is 7.51. The maximum atomic E-state index is 5.40. The van der Waals surface area contributed by atoms with E-state index in [9.17, 15) is 0 Å². The average Bonchev–Trinajstić information content (AvgIpc) is 2.44. The Kier molecular flexibility index (Phi) is 10.8. The Morgan fingerprint density at radius 2 is 2.00 bits per heavy atom. The van der Waals surface area contributed by atoms with Gasteiger partial charge in [0.15, 0.2) is 0 Å². The van der Waals surface area contributed by atoms with Gasteiger partial charge in [0.05, 0.1) is 0 Å². The molecule has 19 heavy (non-hydrogen) atoms. The molecule has 1 aliphatic rings. The highest BCUT2D eigenvalue weighted by Crippen LogP contribution is 2.25. The Bertz CT molecular complexity index is 275. The minimum atomic E-state index is -0.153. The quantitative estimate of drug-likeness (QED) is 0.326. The second-order valence-corrected chi connectivity index (χ2v) is 4.95. The maximum Gasteiger partial charge on any atom is 0.108 e. The largest absolute Gasteiger partial charge is 0.270 e. The van der Waals surface area contributed by atoms with Gasteiger partial charge >= 0.3 is 0 Å². The lowest BCUT2D eigenvalue weighted by atomic mass is 9.86. The third-order valence-electron chi connectivity index (χ3n) is 3.37. The smallest absolute Gasteiger partial charge is 0.108 e. The molecule has 0 radical (unpaired) electrons. The van der Waals surface area contributed by atoms with Crippen LogP contribution in [-0.4, -0.2) is 6.17 Å². The molecule has 0 aromatic rings. The average molecular weight is 270 g/mol. The molecule has 0 aliphatic heterocycles. The van der Waals surface area contributed by atoms with Crippen LogP contribution in [0.3, 0.4) is 0 Å². The summed E-state index contributed by atoms with van der Waals surface area (Å²) < 4.78 is 0. The highest BCUT2D eigenvalue weighted by atomic mass is 15.4. The predicted octanol–water partition coefficient (Wildman–Crippen LogP) is 2.84. The van der Waals surface area contributed by atoms with Crippen molar-refractivity contribution < 1.29 is 1.43 Å². The second-order valence-electron chi connectivity index (χ2n) is 4.95. The van der Waals surface area contributed by atoms with Crippen LogP contribution in [0.1, 0.15) is 54.8 Å². The molecule has 0 heterocycles. The van der Waals surface area contributed by atoms with Crippen LogP contribution in [-0.2, 0) is 0 Å². The zero-order chi connectivity index (χ0) is 14.7. The van der Waals surface area contributed by atoms with E-state index in [0.29, 0.717) is 5.92 Å². The van der Waals surface area contributed by atoms with Gasteiger partial charge in [0.1, 0.15) is 6.17 Å². The van der Waals surface area contributed by atoms with E-state index in [1.165, 1.54) is 19.3 Å². The second kappa shape index (κ2) is 11.2. The van der Waals surface area contributed by atoms with Crippen molar-refractivity contribution >= 4 is 0 Å². The Hall–Kier alpha value is -0.680. The van der Waals surface area contributed by atoms with Crippen molar-refractivity contribution in [2.24, 2.45) is 23.5 Å². The van der Waals surface area contributed by atoms with Crippen LogP contribution in [0.4, 0.5) is 0 Å². The van der Waals surface area contributed by atoms with Crippen LogP contribution < -0.4 is 22.5 Å². The standard InChI is InChI=1S/C13H26N4.C2H6.H2/c1-3-4-10(2)9-11-5-7-12(8-6-11)13(16-14)17-15;1-2;/h5,7-8,10-11,13,16-17H,3-4,6,9,14-15H2,1-2H3;1-2H3;1H. The number of nitrogens with one attached hydrogen (secondary N) is 2. The highest BCUT2D eigenvalue weighted by Gasteiger charge is 2.15. The highest BCUT2D eigenvalue weighted by molar-refractivity contribution is 5.27. The molecule has 2 unspecified atom stereocenters. The molecule has 0 aromatic heterocycles. The summed E-state index contributed by atoms with van der Waals surface area (Å²) in [6.45, 7) is 8.58. The summed E-state index contributed by atoms with van der Waals surface area (Å²) in [5.41, 5.74) is 6.40. The molecule has 0 spiro atoms. The number of rotatable bonds is 7. The minimum Gasteiger partial charge on any atom is -0.270 e. The third-order valence-corrected chi connectivity index (χ3v) is 3.37. The van der Waals surface area contributed by atoms with E-state index in [1.54, 1.807) is 0 Å². The van der Waals surface area contributed by atoms with Gasteiger partial charge in [-0.2, -0.15) is 0 Å². The Morgan fingerprint density at radius 3 is 2.42 bits per heavy atom. The van der Waals surface area contributed by atoms with E-state index in [2.05, 4.69) is 42.9 Å². The fourth-order valence-electron chi connectivity index (χ4n) is 2.44. The lowest BCUT2D eigenvalue weighted by molar-refractivity contribution is 0.414. The number of nitrogens with two attached hydrogens (primary N) is 2. The van der Waals surface area contributed by atoms with Gasteiger partial charge in [0.25, 0.3) is 0 Å². The van der Waals surface area contributed by atoms with E-state index in [4.69, 9.17) is 11.7 Å². The van der Waals surface area contributed by atoms with E-state index in [0.717, 1.165) is 17.9 Å². The molecular formula is C15H34N4. The van der Waals surface area contributed by atoms with Crippen molar-refractivity contribution in [1.29, 1.82) is 0 Å². The van der Waals surface area contributed by atoms with Gasteiger partial charge in [0, 0.05) is 1.43 Å². The van der Waals surface area contributed by atoms with Crippen molar-refractivity contribution in [2.75, 3.05) is 0 Å².